The molecule has 3 aromatic rings. The number of ketones is 1. The van der Waals surface area contributed by atoms with Gasteiger partial charge < -0.3 is 14.9 Å². The number of hydrogen-bond acceptors (Lipinski definition) is 5. The van der Waals surface area contributed by atoms with E-state index in [0.717, 1.165) is 25.2 Å². The Hall–Kier alpha value is -3.16. The number of aromatic nitrogens is 2. The van der Waals surface area contributed by atoms with Crippen molar-refractivity contribution >= 4 is 34.7 Å². The molecule has 0 unspecified atom stereocenters. The summed E-state index contributed by atoms with van der Waals surface area (Å²) >= 11 is 6.10. The first-order valence-electron chi connectivity index (χ1n) is 11.6. The third-order valence-electron chi connectivity index (χ3n) is 6.42. The van der Waals surface area contributed by atoms with Crippen LogP contribution in [0.1, 0.15) is 43.3 Å². The lowest BCUT2D eigenvalue weighted by molar-refractivity contribution is -0.140. The van der Waals surface area contributed by atoms with E-state index in [4.69, 9.17) is 11.6 Å². The van der Waals surface area contributed by atoms with E-state index >= 15 is 0 Å². The highest BCUT2D eigenvalue weighted by Gasteiger charge is 2.46. The minimum Gasteiger partial charge on any atom is -0.505 e. The number of rotatable bonds is 8. The summed E-state index contributed by atoms with van der Waals surface area (Å²) in [4.78, 5) is 34.8. The Morgan fingerprint density at radius 2 is 1.82 bits per heavy atom. The zero-order chi connectivity index (χ0) is 24.4. The van der Waals surface area contributed by atoms with E-state index in [1.165, 1.54) is 0 Å². The van der Waals surface area contributed by atoms with Gasteiger partial charge in [0.15, 0.2) is 5.76 Å². The lowest BCUT2D eigenvalue weighted by Crippen LogP contribution is -2.33. The van der Waals surface area contributed by atoms with E-state index in [-0.39, 0.29) is 11.3 Å². The molecule has 1 N–H and O–H groups in total. The molecule has 3 heterocycles. The first-order valence-corrected chi connectivity index (χ1v) is 11.9. The van der Waals surface area contributed by atoms with E-state index in [9.17, 15) is 14.7 Å². The second-order valence-corrected chi connectivity index (χ2v) is 8.84. The van der Waals surface area contributed by atoms with E-state index in [0.29, 0.717) is 35.0 Å². The predicted octanol–water partition coefficient (Wildman–Crippen LogP) is 4.45. The molecule has 0 spiro atoms. The number of Topliss-reactive ketones (excluding diaryl/α,β-unsaturated/α-hetero) is 1. The largest absolute Gasteiger partial charge is 0.505 e. The lowest BCUT2D eigenvalue weighted by atomic mass is 9.96. The van der Waals surface area contributed by atoms with Crippen LogP contribution in [-0.2, 0) is 9.59 Å². The van der Waals surface area contributed by atoms with Crippen LogP contribution in [0.4, 0.5) is 0 Å². The van der Waals surface area contributed by atoms with Crippen molar-refractivity contribution in [2.45, 2.75) is 33.2 Å². The van der Waals surface area contributed by atoms with E-state index < -0.39 is 17.7 Å². The van der Waals surface area contributed by atoms with Crippen molar-refractivity contribution in [3.63, 3.8) is 0 Å². The molecule has 1 atom stereocenters. The number of benzene rings is 1. The van der Waals surface area contributed by atoms with E-state index in [1.807, 2.05) is 18.2 Å². The monoisotopic (exact) mass is 480 g/mol. The summed E-state index contributed by atoms with van der Waals surface area (Å²) in [6, 6.07) is 11.9. The molecule has 0 radical (unpaired) electrons. The number of aryl methyl sites for hydroxylation is 1. The molecule has 1 aromatic carbocycles. The number of carbonyl (C=O) groups excluding carboxylic acids is 2. The van der Waals surface area contributed by atoms with Gasteiger partial charge in [-0.1, -0.05) is 43.6 Å². The number of nitrogens with zero attached hydrogens (tertiary/aromatic N) is 4. The van der Waals surface area contributed by atoms with Crippen molar-refractivity contribution < 1.29 is 14.7 Å². The van der Waals surface area contributed by atoms with Gasteiger partial charge in [0.1, 0.15) is 11.3 Å². The second-order valence-electron chi connectivity index (χ2n) is 8.40. The molecule has 34 heavy (non-hydrogen) atoms. The predicted molar refractivity (Wildman–Crippen MR) is 133 cm³/mol. The Bertz CT molecular complexity index is 1240. The van der Waals surface area contributed by atoms with Gasteiger partial charge in [0, 0.05) is 17.8 Å². The highest BCUT2D eigenvalue weighted by Crippen LogP contribution is 2.40. The van der Waals surface area contributed by atoms with Crippen LogP contribution < -0.4 is 0 Å². The SMILES string of the molecule is CCN(CC)CCCN1C(=O)C(=O)/C(=C(/O)c2c(C)nc3ccccn23)[C@@H]1c1ccc(Cl)cc1. The quantitative estimate of drug-likeness (QED) is 0.293. The number of likely N-dealkylation sites (tertiary alicyclic amines) is 1. The van der Waals surface area contributed by atoms with Crippen LogP contribution >= 0.6 is 11.6 Å². The molecule has 178 valence electrons. The van der Waals surface area contributed by atoms with Gasteiger partial charge in [-0.25, -0.2) is 4.98 Å². The Morgan fingerprint density at radius 1 is 1.12 bits per heavy atom. The lowest BCUT2D eigenvalue weighted by Gasteiger charge is -2.26. The number of aliphatic hydroxyl groups is 1. The van der Waals surface area contributed by atoms with Crippen LogP contribution in [0.2, 0.25) is 5.02 Å². The highest BCUT2D eigenvalue weighted by molar-refractivity contribution is 6.46. The third kappa shape index (κ3) is 4.33. The normalized spacial score (nSPS) is 17.9. The molecule has 1 aliphatic heterocycles. The molecule has 1 fully saturated rings. The van der Waals surface area contributed by atoms with Crippen LogP contribution in [0, 0.1) is 6.92 Å². The van der Waals surface area contributed by atoms with Crippen molar-refractivity contribution in [2.24, 2.45) is 0 Å². The van der Waals surface area contributed by atoms with Crippen LogP contribution in [-0.4, -0.2) is 62.2 Å². The molecule has 8 heteroatoms. The van der Waals surface area contributed by atoms with Crippen molar-refractivity contribution in [1.29, 1.82) is 0 Å². The van der Waals surface area contributed by atoms with Gasteiger partial charge in [-0.15, -0.1) is 0 Å². The number of aliphatic hydroxyl groups excluding tert-OH is 1. The minimum atomic E-state index is -0.706. The maximum absolute atomic E-state index is 13.3. The van der Waals surface area contributed by atoms with Gasteiger partial charge in [0.25, 0.3) is 11.7 Å². The summed E-state index contributed by atoms with van der Waals surface area (Å²) in [7, 11) is 0. The number of pyridine rings is 1. The van der Waals surface area contributed by atoms with Gasteiger partial charge in [-0.2, -0.15) is 0 Å². The molecular formula is C26H29ClN4O3. The summed E-state index contributed by atoms with van der Waals surface area (Å²) in [6.07, 6.45) is 2.50. The Labute approximate surface area is 204 Å². The number of carbonyl (C=O) groups is 2. The van der Waals surface area contributed by atoms with Crippen LogP contribution in [0.5, 0.6) is 0 Å². The molecule has 7 nitrogen and oxygen atoms in total. The smallest absolute Gasteiger partial charge is 0.295 e. The first kappa shape index (κ1) is 24.0. The van der Waals surface area contributed by atoms with Gasteiger partial charge >= 0.3 is 0 Å². The van der Waals surface area contributed by atoms with E-state index in [1.54, 1.807) is 46.7 Å². The van der Waals surface area contributed by atoms with Crippen molar-refractivity contribution in [3.05, 3.63) is 76.2 Å². The number of fused-ring (bicyclic) bond motifs is 1. The molecule has 1 saturated heterocycles. The topological polar surface area (TPSA) is 78.2 Å². The summed E-state index contributed by atoms with van der Waals surface area (Å²) < 4.78 is 1.73. The molecule has 0 saturated carbocycles. The second kappa shape index (κ2) is 9.99. The first-order chi connectivity index (χ1) is 16.4. The zero-order valence-corrected chi connectivity index (χ0v) is 20.4. The van der Waals surface area contributed by atoms with E-state index in [2.05, 4.69) is 23.7 Å². The Kier molecular flexibility index (Phi) is 7.05. The average molecular weight is 481 g/mol. The van der Waals surface area contributed by atoms with Crippen LogP contribution in [0.25, 0.3) is 11.4 Å². The fourth-order valence-corrected chi connectivity index (χ4v) is 4.76. The van der Waals surface area contributed by atoms with Crippen molar-refractivity contribution in [3.8, 4) is 0 Å². The highest BCUT2D eigenvalue weighted by atomic mass is 35.5. The van der Waals surface area contributed by atoms with Gasteiger partial charge in [0.05, 0.1) is 17.3 Å². The molecular weight excluding hydrogens is 452 g/mol. The minimum absolute atomic E-state index is 0.0731. The molecule has 0 bridgehead atoms. The molecule has 4 rings (SSSR count). The van der Waals surface area contributed by atoms with Gasteiger partial charge in [-0.05, 0) is 62.8 Å². The Morgan fingerprint density at radius 3 is 2.50 bits per heavy atom. The summed E-state index contributed by atoms with van der Waals surface area (Å²) in [5.74, 6) is -1.51. The Balaban J connectivity index is 1.81. The van der Waals surface area contributed by atoms with Gasteiger partial charge in [0.2, 0.25) is 0 Å². The van der Waals surface area contributed by atoms with Crippen molar-refractivity contribution in [1.82, 2.24) is 19.2 Å². The third-order valence-corrected chi connectivity index (χ3v) is 6.67. The standard InChI is InChI=1S/C26H29ClN4O3/c1-4-29(5-2)14-8-16-31-23(18-10-12-19(27)13-11-18)21(25(33)26(31)34)24(32)22-17(3)28-20-9-6-7-15-30(20)22/h6-7,9-13,15,23,32H,4-5,8,14,16H2,1-3H3/b24-21+/t23-/m0/s1. The number of hydrogen-bond donors (Lipinski definition) is 1. The van der Waals surface area contributed by atoms with Crippen LogP contribution in [0.3, 0.4) is 0 Å². The molecule has 1 aliphatic rings. The number of amides is 1. The average Bonchev–Trinajstić information content (AvgIpc) is 3.30. The maximum Gasteiger partial charge on any atom is 0.295 e. The zero-order valence-electron chi connectivity index (χ0n) is 19.7. The number of halogens is 1. The summed E-state index contributed by atoms with van der Waals surface area (Å²) in [6.45, 7) is 9.03. The fraction of sp³-hybridized carbons (Fsp3) is 0.346. The number of imidazole rings is 1. The molecule has 2 aromatic heterocycles. The van der Waals surface area contributed by atoms with Gasteiger partial charge in [-0.3, -0.25) is 14.0 Å². The fourth-order valence-electron chi connectivity index (χ4n) is 4.63. The summed E-state index contributed by atoms with van der Waals surface area (Å²) in [5.41, 5.74) is 2.43. The molecule has 0 aliphatic carbocycles. The molecule has 1 amide bonds. The van der Waals surface area contributed by atoms with Crippen molar-refractivity contribution in [2.75, 3.05) is 26.2 Å². The maximum atomic E-state index is 13.3. The van der Waals surface area contributed by atoms with Crippen LogP contribution in [0.15, 0.2) is 54.2 Å². The summed E-state index contributed by atoms with van der Waals surface area (Å²) in [5, 5.41) is 12.0.